The largest absolute Gasteiger partial charge is 0.469 e. The maximum atomic E-state index is 11.7. The molecule has 1 aliphatic carbocycles. The molecule has 0 aromatic rings. The van der Waals surface area contributed by atoms with Gasteiger partial charge in [-0.1, -0.05) is 6.42 Å². The van der Waals surface area contributed by atoms with Gasteiger partial charge in [-0.3, -0.25) is 4.79 Å². The maximum Gasteiger partial charge on any atom is 0.409 e. The van der Waals surface area contributed by atoms with E-state index in [9.17, 15) is 9.59 Å². The fourth-order valence-electron chi connectivity index (χ4n) is 2.89. The third-order valence-electron chi connectivity index (χ3n) is 4.34. The normalized spacial score (nSPS) is 26.8. The van der Waals surface area contributed by atoms with Crippen molar-refractivity contribution < 1.29 is 19.1 Å². The zero-order valence-corrected chi connectivity index (χ0v) is 12.3. The van der Waals surface area contributed by atoms with Gasteiger partial charge in [-0.15, -0.1) is 0 Å². The second-order valence-corrected chi connectivity index (χ2v) is 5.73. The van der Waals surface area contributed by atoms with Gasteiger partial charge in [0, 0.05) is 19.1 Å². The van der Waals surface area contributed by atoms with E-state index in [0.717, 1.165) is 12.5 Å². The van der Waals surface area contributed by atoms with Crippen LogP contribution >= 0.6 is 0 Å². The van der Waals surface area contributed by atoms with E-state index in [4.69, 9.17) is 9.47 Å². The molecule has 2 aliphatic rings. The SMILES string of the molecule is COC(=O)C1CC(NCC2CCC2)CN(C(=O)OC)C1. The van der Waals surface area contributed by atoms with Crippen LogP contribution in [0.2, 0.25) is 0 Å². The van der Waals surface area contributed by atoms with Crippen molar-refractivity contribution in [3.05, 3.63) is 0 Å². The lowest BCUT2D eigenvalue weighted by Gasteiger charge is -2.37. The fraction of sp³-hybridized carbons (Fsp3) is 0.857. The second-order valence-electron chi connectivity index (χ2n) is 5.73. The van der Waals surface area contributed by atoms with Crippen molar-refractivity contribution in [2.45, 2.75) is 31.7 Å². The van der Waals surface area contributed by atoms with E-state index in [0.29, 0.717) is 19.5 Å². The van der Waals surface area contributed by atoms with E-state index in [-0.39, 0.29) is 24.0 Å². The Balaban J connectivity index is 1.91. The van der Waals surface area contributed by atoms with E-state index in [1.807, 2.05) is 0 Å². The van der Waals surface area contributed by atoms with Gasteiger partial charge in [0.1, 0.15) is 0 Å². The number of ether oxygens (including phenoxy) is 2. The molecule has 1 heterocycles. The summed E-state index contributed by atoms with van der Waals surface area (Å²) in [5.74, 6) is 0.223. The fourth-order valence-corrected chi connectivity index (χ4v) is 2.89. The molecule has 0 bridgehead atoms. The average Bonchev–Trinajstić information content (AvgIpc) is 2.43. The molecular weight excluding hydrogens is 260 g/mol. The Labute approximate surface area is 119 Å². The van der Waals surface area contributed by atoms with Crippen LogP contribution < -0.4 is 5.32 Å². The highest BCUT2D eigenvalue weighted by atomic mass is 16.5. The maximum absolute atomic E-state index is 11.7. The molecule has 1 aliphatic heterocycles. The molecule has 114 valence electrons. The van der Waals surface area contributed by atoms with E-state index in [1.165, 1.54) is 33.5 Å². The van der Waals surface area contributed by atoms with Gasteiger partial charge in [-0.2, -0.15) is 0 Å². The third kappa shape index (κ3) is 3.62. The van der Waals surface area contributed by atoms with Crippen molar-refractivity contribution in [3.8, 4) is 0 Å². The molecule has 0 spiro atoms. The highest BCUT2D eigenvalue weighted by Gasteiger charge is 2.35. The lowest BCUT2D eigenvalue weighted by molar-refractivity contribution is -0.147. The summed E-state index contributed by atoms with van der Waals surface area (Å²) in [4.78, 5) is 25.0. The van der Waals surface area contributed by atoms with Crippen molar-refractivity contribution >= 4 is 12.1 Å². The van der Waals surface area contributed by atoms with Gasteiger partial charge >= 0.3 is 12.1 Å². The number of likely N-dealkylation sites (tertiary alicyclic amines) is 1. The summed E-state index contributed by atoms with van der Waals surface area (Å²) >= 11 is 0. The molecule has 1 N–H and O–H groups in total. The number of piperidine rings is 1. The smallest absolute Gasteiger partial charge is 0.409 e. The Morgan fingerprint density at radius 1 is 1.20 bits per heavy atom. The van der Waals surface area contributed by atoms with Crippen molar-refractivity contribution in [2.24, 2.45) is 11.8 Å². The van der Waals surface area contributed by atoms with Crippen LogP contribution in [0.1, 0.15) is 25.7 Å². The minimum absolute atomic E-state index is 0.132. The number of carbonyl (C=O) groups is 2. The van der Waals surface area contributed by atoms with Crippen LogP contribution in [0.25, 0.3) is 0 Å². The molecule has 20 heavy (non-hydrogen) atoms. The van der Waals surface area contributed by atoms with Gasteiger partial charge in [0.15, 0.2) is 0 Å². The Bertz CT molecular complexity index is 333. The molecule has 0 radical (unpaired) electrons. The summed E-state index contributed by atoms with van der Waals surface area (Å²) in [6.45, 7) is 1.93. The topological polar surface area (TPSA) is 67.9 Å². The second kappa shape index (κ2) is 6.92. The number of hydrogen-bond donors (Lipinski definition) is 1. The summed E-state index contributed by atoms with van der Waals surface area (Å²) in [6, 6.07) is 0.132. The van der Waals surface area contributed by atoms with E-state index in [1.54, 1.807) is 4.90 Å². The summed E-state index contributed by atoms with van der Waals surface area (Å²) in [6.07, 6.45) is 4.21. The number of nitrogens with one attached hydrogen (secondary N) is 1. The van der Waals surface area contributed by atoms with Crippen LogP contribution in [0.5, 0.6) is 0 Å². The highest BCUT2D eigenvalue weighted by molar-refractivity contribution is 5.74. The zero-order valence-electron chi connectivity index (χ0n) is 12.3. The Morgan fingerprint density at radius 3 is 2.50 bits per heavy atom. The van der Waals surface area contributed by atoms with E-state index in [2.05, 4.69) is 5.32 Å². The van der Waals surface area contributed by atoms with Gasteiger partial charge in [-0.25, -0.2) is 4.79 Å². The highest BCUT2D eigenvalue weighted by Crippen LogP contribution is 2.26. The minimum atomic E-state index is -0.381. The first-order valence-corrected chi connectivity index (χ1v) is 7.28. The predicted molar refractivity (Wildman–Crippen MR) is 73.2 cm³/mol. The quantitative estimate of drug-likeness (QED) is 0.780. The Hall–Kier alpha value is -1.30. The molecule has 2 rings (SSSR count). The van der Waals surface area contributed by atoms with Crippen molar-refractivity contribution in [1.29, 1.82) is 0 Å². The predicted octanol–water partition coefficient (Wildman–Crippen LogP) is 1.01. The summed E-state index contributed by atoms with van der Waals surface area (Å²) in [5, 5.41) is 3.48. The van der Waals surface area contributed by atoms with Crippen LogP contribution in [-0.4, -0.2) is 56.9 Å². The molecule has 1 saturated carbocycles. The molecule has 1 saturated heterocycles. The molecule has 6 nitrogen and oxygen atoms in total. The lowest BCUT2D eigenvalue weighted by atomic mass is 9.85. The van der Waals surface area contributed by atoms with Crippen molar-refractivity contribution in [1.82, 2.24) is 10.2 Å². The van der Waals surface area contributed by atoms with Gasteiger partial charge in [0.25, 0.3) is 0 Å². The number of methoxy groups -OCH3 is 2. The molecule has 2 atom stereocenters. The Morgan fingerprint density at radius 2 is 1.95 bits per heavy atom. The van der Waals surface area contributed by atoms with Gasteiger partial charge < -0.3 is 19.7 Å². The number of rotatable bonds is 4. The number of amides is 1. The molecule has 1 amide bonds. The first-order chi connectivity index (χ1) is 9.63. The summed E-state index contributed by atoms with van der Waals surface area (Å²) < 4.78 is 9.58. The third-order valence-corrected chi connectivity index (χ3v) is 4.34. The van der Waals surface area contributed by atoms with Crippen LogP contribution in [-0.2, 0) is 14.3 Å². The van der Waals surface area contributed by atoms with Gasteiger partial charge in [0.05, 0.1) is 20.1 Å². The van der Waals surface area contributed by atoms with Crippen LogP contribution in [0.4, 0.5) is 4.79 Å². The average molecular weight is 284 g/mol. The van der Waals surface area contributed by atoms with Crippen LogP contribution in [0.15, 0.2) is 0 Å². The first-order valence-electron chi connectivity index (χ1n) is 7.28. The number of carbonyl (C=O) groups excluding carboxylic acids is 2. The number of hydrogen-bond acceptors (Lipinski definition) is 5. The first kappa shape index (κ1) is 15.1. The van der Waals surface area contributed by atoms with Crippen LogP contribution in [0, 0.1) is 11.8 Å². The summed E-state index contributed by atoms with van der Waals surface area (Å²) in [5.41, 5.74) is 0. The zero-order chi connectivity index (χ0) is 14.5. The molecule has 6 heteroatoms. The lowest BCUT2D eigenvalue weighted by Crippen LogP contribution is -2.53. The van der Waals surface area contributed by atoms with Crippen LogP contribution in [0.3, 0.4) is 0 Å². The van der Waals surface area contributed by atoms with E-state index < -0.39 is 0 Å². The minimum Gasteiger partial charge on any atom is -0.469 e. The molecular formula is C14H24N2O4. The Kier molecular flexibility index (Phi) is 5.23. The van der Waals surface area contributed by atoms with Crippen molar-refractivity contribution in [2.75, 3.05) is 33.9 Å². The number of esters is 1. The monoisotopic (exact) mass is 284 g/mol. The number of nitrogens with zero attached hydrogens (tertiary/aromatic N) is 1. The van der Waals surface area contributed by atoms with Gasteiger partial charge in [0.2, 0.25) is 0 Å². The van der Waals surface area contributed by atoms with Crippen molar-refractivity contribution in [3.63, 3.8) is 0 Å². The van der Waals surface area contributed by atoms with E-state index >= 15 is 0 Å². The molecule has 2 unspecified atom stereocenters. The summed E-state index contributed by atoms with van der Waals surface area (Å²) in [7, 11) is 2.75. The molecule has 0 aromatic carbocycles. The standard InChI is InChI=1S/C14H24N2O4/c1-19-13(17)11-6-12(15-7-10-4-3-5-10)9-16(8-11)14(18)20-2/h10-12,15H,3-9H2,1-2H3. The molecule has 0 aromatic heterocycles. The molecule has 2 fully saturated rings. The van der Waals surface area contributed by atoms with Gasteiger partial charge in [-0.05, 0) is 31.7 Å².